The molecule has 0 spiro atoms. The van der Waals surface area contributed by atoms with E-state index >= 15 is 0 Å². The highest BCUT2D eigenvalue weighted by Crippen LogP contribution is 2.39. The second kappa shape index (κ2) is 9.75. The van der Waals surface area contributed by atoms with Crippen LogP contribution in [0.4, 0.5) is 40.3 Å². The number of halogens is 7. The third kappa shape index (κ3) is 6.25. The van der Waals surface area contributed by atoms with Crippen LogP contribution >= 0.6 is 0 Å². The van der Waals surface area contributed by atoms with E-state index in [9.17, 15) is 45.4 Å². The van der Waals surface area contributed by atoms with Gasteiger partial charge in [0.05, 0.1) is 22.7 Å². The van der Waals surface area contributed by atoms with Crippen LogP contribution in [-0.2, 0) is 17.9 Å². The number of nitrogens with zero attached hydrogens (tertiary/aromatic N) is 2. The van der Waals surface area contributed by atoms with E-state index < -0.39 is 58.6 Å². The number of carbonyl (C=O) groups is 2. The lowest BCUT2D eigenvalue weighted by molar-refractivity contribution is -0.143. The SMILES string of the molecule is Cc1cc(F)ccc1[C@H]1CN(C(=O)O)CCN1C(=O)NC(C)(C)c1cc(C(F)(F)F)cc(C(F)(F)F)c1. The Bertz CT molecular complexity index is 1160. The highest BCUT2D eigenvalue weighted by molar-refractivity contribution is 5.77. The standard InChI is InChI=1S/C24H24F7N3O3/c1-13-8-17(25)4-5-18(13)19-12-33(21(36)37)6-7-34(19)20(35)32-22(2,3)14-9-15(23(26,27)28)11-16(10-14)24(29,30)31/h4-5,8-11,19H,6-7,12H2,1-3H3,(H,32,35)(H,36,37)/t19-/m1/s1. The van der Waals surface area contributed by atoms with Gasteiger partial charge < -0.3 is 20.2 Å². The van der Waals surface area contributed by atoms with Gasteiger partial charge in [0.1, 0.15) is 5.82 Å². The number of carbonyl (C=O) groups excluding carboxylic acids is 1. The molecule has 2 N–H and O–H groups in total. The lowest BCUT2D eigenvalue weighted by atomic mass is 9.90. The molecule has 13 heteroatoms. The number of hydrogen-bond acceptors (Lipinski definition) is 2. The van der Waals surface area contributed by atoms with Gasteiger partial charge in [-0.1, -0.05) is 6.07 Å². The second-order valence-corrected chi connectivity index (χ2v) is 9.29. The number of nitrogens with one attached hydrogen (secondary N) is 1. The van der Waals surface area contributed by atoms with Crippen LogP contribution in [-0.4, -0.2) is 46.7 Å². The van der Waals surface area contributed by atoms with E-state index in [1.165, 1.54) is 30.9 Å². The lowest BCUT2D eigenvalue weighted by Gasteiger charge is -2.42. The molecule has 1 heterocycles. The molecule has 0 unspecified atom stereocenters. The summed E-state index contributed by atoms with van der Waals surface area (Å²) in [4.78, 5) is 27.2. The van der Waals surface area contributed by atoms with Gasteiger partial charge in [-0.3, -0.25) is 0 Å². The average Bonchev–Trinajstić information content (AvgIpc) is 2.77. The molecule has 0 aliphatic carbocycles. The van der Waals surface area contributed by atoms with Gasteiger partial charge in [0.2, 0.25) is 0 Å². The lowest BCUT2D eigenvalue weighted by Crippen LogP contribution is -2.57. The van der Waals surface area contributed by atoms with Gasteiger partial charge in [0, 0.05) is 19.6 Å². The Morgan fingerprint density at radius 3 is 1.95 bits per heavy atom. The topological polar surface area (TPSA) is 72.9 Å². The van der Waals surface area contributed by atoms with Crippen LogP contribution in [0.1, 0.15) is 47.7 Å². The van der Waals surface area contributed by atoms with Crippen molar-refractivity contribution in [3.05, 3.63) is 70.0 Å². The van der Waals surface area contributed by atoms with Gasteiger partial charge in [-0.25, -0.2) is 14.0 Å². The molecule has 3 rings (SSSR count). The summed E-state index contributed by atoms with van der Waals surface area (Å²) < 4.78 is 93.7. The van der Waals surface area contributed by atoms with Gasteiger partial charge in [0.25, 0.3) is 0 Å². The van der Waals surface area contributed by atoms with E-state index in [0.717, 1.165) is 11.0 Å². The van der Waals surface area contributed by atoms with Gasteiger partial charge in [0.15, 0.2) is 0 Å². The smallest absolute Gasteiger partial charge is 0.416 e. The van der Waals surface area contributed by atoms with Crippen LogP contribution in [0.5, 0.6) is 0 Å². The van der Waals surface area contributed by atoms with Crippen molar-refractivity contribution in [3.63, 3.8) is 0 Å². The predicted octanol–water partition coefficient (Wildman–Crippen LogP) is 6.15. The van der Waals surface area contributed by atoms with Crippen molar-refractivity contribution in [2.75, 3.05) is 19.6 Å². The normalized spacial score (nSPS) is 17.1. The van der Waals surface area contributed by atoms with E-state index in [1.807, 2.05) is 0 Å². The molecular weight excluding hydrogens is 511 g/mol. The summed E-state index contributed by atoms with van der Waals surface area (Å²) in [5.41, 5.74) is -4.28. The van der Waals surface area contributed by atoms with E-state index in [-0.39, 0.29) is 25.7 Å². The zero-order chi connectivity index (χ0) is 27.9. The first-order chi connectivity index (χ1) is 16.9. The number of aryl methyl sites for hydroxylation is 1. The molecule has 0 radical (unpaired) electrons. The number of amides is 3. The highest BCUT2D eigenvalue weighted by atomic mass is 19.4. The van der Waals surface area contributed by atoms with Crippen LogP contribution in [0.15, 0.2) is 36.4 Å². The Hall–Kier alpha value is -3.51. The number of rotatable bonds is 3. The number of urea groups is 1. The predicted molar refractivity (Wildman–Crippen MR) is 118 cm³/mol. The van der Waals surface area contributed by atoms with E-state index in [2.05, 4.69) is 5.32 Å². The third-order valence-corrected chi connectivity index (χ3v) is 6.23. The van der Waals surface area contributed by atoms with Crippen molar-refractivity contribution in [3.8, 4) is 0 Å². The fourth-order valence-electron chi connectivity index (χ4n) is 4.21. The van der Waals surface area contributed by atoms with Gasteiger partial charge >= 0.3 is 24.5 Å². The minimum absolute atomic E-state index is 0.000133. The van der Waals surface area contributed by atoms with Crippen molar-refractivity contribution < 1.29 is 45.4 Å². The average molecular weight is 535 g/mol. The zero-order valence-corrected chi connectivity index (χ0v) is 20.0. The summed E-state index contributed by atoms with van der Waals surface area (Å²) in [7, 11) is 0. The summed E-state index contributed by atoms with van der Waals surface area (Å²) in [5.74, 6) is -0.547. The minimum Gasteiger partial charge on any atom is -0.465 e. The van der Waals surface area contributed by atoms with E-state index in [1.54, 1.807) is 6.92 Å². The van der Waals surface area contributed by atoms with Gasteiger partial charge in [-0.15, -0.1) is 0 Å². The van der Waals surface area contributed by atoms with Crippen molar-refractivity contribution in [2.45, 2.75) is 44.7 Å². The maximum absolute atomic E-state index is 13.7. The number of piperazine rings is 1. The molecule has 3 amide bonds. The third-order valence-electron chi connectivity index (χ3n) is 6.23. The number of alkyl halides is 6. The molecule has 6 nitrogen and oxygen atoms in total. The maximum atomic E-state index is 13.7. The van der Waals surface area contributed by atoms with E-state index in [4.69, 9.17) is 0 Å². The van der Waals surface area contributed by atoms with Gasteiger partial charge in [-0.05, 0) is 67.8 Å². The second-order valence-electron chi connectivity index (χ2n) is 9.29. The molecule has 1 aliphatic rings. The Morgan fingerprint density at radius 1 is 0.919 bits per heavy atom. The Morgan fingerprint density at radius 2 is 1.46 bits per heavy atom. The monoisotopic (exact) mass is 535 g/mol. The summed E-state index contributed by atoms with van der Waals surface area (Å²) in [6, 6.07) is 3.11. The number of carboxylic acid groups (broad SMARTS) is 1. The van der Waals surface area contributed by atoms with Crippen molar-refractivity contribution in [1.82, 2.24) is 15.1 Å². The highest BCUT2D eigenvalue weighted by Gasteiger charge is 2.40. The molecule has 37 heavy (non-hydrogen) atoms. The number of benzene rings is 2. The molecule has 2 aromatic rings. The van der Waals surface area contributed by atoms with Crippen molar-refractivity contribution in [2.24, 2.45) is 0 Å². The Kier molecular flexibility index (Phi) is 7.39. The molecule has 1 aliphatic heterocycles. The molecule has 1 fully saturated rings. The number of hydrogen-bond donors (Lipinski definition) is 2. The van der Waals surface area contributed by atoms with Crippen LogP contribution in [0.3, 0.4) is 0 Å². The summed E-state index contributed by atoms with van der Waals surface area (Å²) >= 11 is 0. The minimum atomic E-state index is -5.06. The van der Waals surface area contributed by atoms with Crippen LogP contribution in [0, 0.1) is 12.7 Å². The maximum Gasteiger partial charge on any atom is 0.416 e. The first-order valence-electron chi connectivity index (χ1n) is 11.0. The molecule has 2 aromatic carbocycles. The molecular formula is C24H24F7N3O3. The summed E-state index contributed by atoms with van der Waals surface area (Å²) in [6.07, 6.45) is -11.4. The quantitative estimate of drug-likeness (QED) is 0.463. The largest absolute Gasteiger partial charge is 0.465 e. The fraction of sp³-hybridized carbons (Fsp3) is 0.417. The van der Waals surface area contributed by atoms with Crippen molar-refractivity contribution in [1.29, 1.82) is 0 Å². The first kappa shape index (κ1) is 28.1. The Balaban J connectivity index is 1.98. The van der Waals surface area contributed by atoms with Crippen LogP contribution < -0.4 is 5.32 Å². The molecule has 0 aromatic heterocycles. The molecule has 1 saturated heterocycles. The Labute approximate surface area is 207 Å². The van der Waals surface area contributed by atoms with E-state index in [0.29, 0.717) is 23.3 Å². The summed E-state index contributed by atoms with van der Waals surface area (Å²) in [5, 5.41) is 11.9. The molecule has 0 bridgehead atoms. The zero-order valence-electron chi connectivity index (χ0n) is 20.0. The van der Waals surface area contributed by atoms with Gasteiger partial charge in [-0.2, -0.15) is 26.3 Å². The fourth-order valence-corrected chi connectivity index (χ4v) is 4.21. The first-order valence-corrected chi connectivity index (χ1v) is 11.0. The molecule has 0 saturated carbocycles. The summed E-state index contributed by atoms with van der Waals surface area (Å²) in [6.45, 7) is 3.71. The van der Waals surface area contributed by atoms with Crippen molar-refractivity contribution >= 4 is 12.1 Å². The van der Waals surface area contributed by atoms with Crippen LogP contribution in [0.25, 0.3) is 0 Å². The molecule has 1 atom stereocenters. The molecule has 202 valence electrons. The van der Waals surface area contributed by atoms with Crippen LogP contribution in [0.2, 0.25) is 0 Å².